The monoisotopic (exact) mass is 420 g/mol. The average molecular weight is 420 g/mol. The van der Waals surface area contributed by atoms with E-state index in [2.05, 4.69) is 0 Å². The molecule has 1 heterocycles. The van der Waals surface area contributed by atoms with Crippen molar-refractivity contribution in [3.8, 4) is 0 Å². The Hall–Kier alpha value is -1.40. The van der Waals surface area contributed by atoms with Crippen LogP contribution in [0, 0.1) is 29.1 Å². The molecule has 5 rings (SSSR count). The lowest BCUT2D eigenvalue weighted by atomic mass is 9.46. The molecular weight excluding hydrogens is 390 g/mol. The zero-order valence-corrected chi connectivity index (χ0v) is 18.2. The summed E-state index contributed by atoms with van der Waals surface area (Å²) < 4.78 is 44.7. The maximum Gasteiger partial charge on any atom is 0.178 e. The van der Waals surface area contributed by atoms with Crippen LogP contribution in [0.3, 0.4) is 0 Å². The summed E-state index contributed by atoms with van der Waals surface area (Å²) in [6.45, 7) is 9.01. The number of carbonyl (C=O) groups excluding carboxylic acids is 2. The van der Waals surface area contributed by atoms with Crippen molar-refractivity contribution in [3.05, 3.63) is 23.8 Å². The second-order valence-corrected chi connectivity index (χ2v) is 10.8. The molecular formula is C24H30F2O4. The fourth-order valence-corrected chi connectivity index (χ4v) is 7.98. The molecule has 4 aliphatic carbocycles. The standard InChI is InChI=1S/C24H30F2O4/c1-12-11-22(5)17(10-20-24(22,13(2)27)30-21(3,4)29-20)18-9-19(25)15-8-14(28)6-7-16(15)23(12,18)26/h6-8,12,16-20H,9-11H2,1-5H3/t12-,16?,17?,18?,19-,20+,22-,23-,24+/m0/s1. The van der Waals surface area contributed by atoms with E-state index in [0.29, 0.717) is 12.8 Å². The molecule has 164 valence electrons. The fourth-order valence-electron chi connectivity index (χ4n) is 7.98. The Labute approximate surface area is 176 Å². The van der Waals surface area contributed by atoms with E-state index >= 15 is 8.78 Å². The Morgan fingerprint density at radius 3 is 2.57 bits per heavy atom. The lowest BCUT2D eigenvalue weighted by molar-refractivity contribution is -0.229. The lowest BCUT2D eigenvalue weighted by Crippen LogP contribution is -2.65. The highest BCUT2D eigenvalue weighted by Crippen LogP contribution is 2.71. The van der Waals surface area contributed by atoms with Gasteiger partial charge in [-0.25, -0.2) is 8.78 Å². The molecule has 30 heavy (non-hydrogen) atoms. The highest BCUT2D eigenvalue weighted by molar-refractivity contribution is 6.01. The van der Waals surface area contributed by atoms with Gasteiger partial charge in [0.15, 0.2) is 23.0 Å². The van der Waals surface area contributed by atoms with Crippen molar-refractivity contribution in [3.63, 3.8) is 0 Å². The third kappa shape index (κ3) is 2.22. The first kappa shape index (κ1) is 20.5. The minimum atomic E-state index is -1.66. The highest BCUT2D eigenvalue weighted by atomic mass is 19.1. The Kier molecular flexibility index (Phi) is 4.02. The quantitative estimate of drug-likeness (QED) is 0.635. The van der Waals surface area contributed by atoms with Crippen LogP contribution in [0.1, 0.15) is 53.9 Å². The summed E-state index contributed by atoms with van der Waals surface area (Å²) in [6.07, 6.45) is 3.32. The van der Waals surface area contributed by atoms with Gasteiger partial charge in [-0.2, -0.15) is 0 Å². The summed E-state index contributed by atoms with van der Waals surface area (Å²) in [6, 6.07) is 0. The summed E-state index contributed by atoms with van der Waals surface area (Å²) in [5, 5.41) is 0. The number of halogens is 2. The minimum Gasteiger partial charge on any atom is -0.344 e. The van der Waals surface area contributed by atoms with Crippen molar-refractivity contribution in [1.29, 1.82) is 0 Å². The number of carbonyl (C=O) groups is 2. The molecule has 0 bridgehead atoms. The third-order valence-corrected chi connectivity index (χ3v) is 8.90. The van der Waals surface area contributed by atoms with E-state index in [4.69, 9.17) is 9.47 Å². The smallest absolute Gasteiger partial charge is 0.178 e. The van der Waals surface area contributed by atoms with Crippen LogP contribution in [-0.2, 0) is 19.1 Å². The molecule has 0 amide bonds. The molecule has 0 N–H and O–H groups in total. The van der Waals surface area contributed by atoms with Gasteiger partial charge in [-0.3, -0.25) is 9.59 Å². The van der Waals surface area contributed by atoms with Gasteiger partial charge in [0.25, 0.3) is 0 Å². The van der Waals surface area contributed by atoms with Crippen molar-refractivity contribution >= 4 is 11.6 Å². The second kappa shape index (κ2) is 5.89. The second-order valence-electron chi connectivity index (χ2n) is 10.8. The van der Waals surface area contributed by atoms with Crippen LogP contribution in [0.25, 0.3) is 0 Å². The maximum absolute atomic E-state index is 17.0. The molecule has 1 saturated heterocycles. The van der Waals surface area contributed by atoms with Crippen LogP contribution in [0.5, 0.6) is 0 Å². The van der Waals surface area contributed by atoms with Gasteiger partial charge in [0.1, 0.15) is 11.8 Å². The SMILES string of the molecule is CC(=O)[C@@]12OC(C)(C)O[C@@H]1CC1C3C[C@H](F)C4=CC(=O)C=CC4[C@@]3(F)[C@@H](C)C[C@@]12C. The Balaban J connectivity index is 1.63. The van der Waals surface area contributed by atoms with Crippen molar-refractivity contribution in [1.82, 2.24) is 0 Å². The molecule has 4 fully saturated rings. The van der Waals surface area contributed by atoms with E-state index in [1.54, 1.807) is 19.9 Å². The Bertz CT molecular complexity index is 894. The first-order valence-electron chi connectivity index (χ1n) is 11.0. The molecule has 0 aromatic heterocycles. The molecule has 0 radical (unpaired) electrons. The predicted octanol–water partition coefficient (Wildman–Crippen LogP) is 4.28. The average Bonchev–Trinajstić information content (AvgIpc) is 3.05. The van der Waals surface area contributed by atoms with Gasteiger partial charge in [0, 0.05) is 17.3 Å². The van der Waals surface area contributed by atoms with Crippen LogP contribution < -0.4 is 0 Å². The van der Waals surface area contributed by atoms with Crippen LogP contribution in [0.2, 0.25) is 0 Å². The zero-order valence-electron chi connectivity index (χ0n) is 18.2. The molecule has 0 aromatic carbocycles. The van der Waals surface area contributed by atoms with Gasteiger partial charge in [0.05, 0.1) is 6.10 Å². The number of ether oxygens (including phenoxy) is 2. The van der Waals surface area contributed by atoms with E-state index in [9.17, 15) is 9.59 Å². The van der Waals surface area contributed by atoms with E-state index < -0.39 is 52.5 Å². The molecule has 4 nitrogen and oxygen atoms in total. The minimum absolute atomic E-state index is 0.0225. The van der Waals surface area contributed by atoms with Crippen molar-refractivity contribution in [2.24, 2.45) is 29.1 Å². The molecule has 1 aliphatic heterocycles. The zero-order chi connectivity index (χ0) is 21.9. The predicted molar refractivity (Wildman–Crippen MR) is 106 cm³/mol. The van der Waals surface area contributed by atoms with E-state index in [0.717, 1.165) is 0 Å². The van der Waals surface area contributed by atoms with Gasteiger partial charge in [-0.05, 0) is 69.6 Å². The number of Topliss-reactive ketones (excluding diaryl/α,β-unsaturated/α-hetero) is 1. The fraction of sp³-hybridized carbons (Fsp3) is 0.750. The van der Waals surface area contributed by atoms with Gasteiger partial charge in [0.2, 0.25) is 0 Å². The van der Waals surface area contributed by atoms with Crippen molar-refractivity contribution in [2.75, 3.05) is 0 Å². The number of alkyl halides is 2. The van der Waals surface area contributed by atoms with E-state index in [1.165, 1.54) is 19.1 Å². The molecule has 3 saturated carbocycles. The van der Waals surface area contributed by atoms with Gasteiger partial charge < -0.3 is 9.47 Å². The topological polar surface area (TPSA) is 52.6 Å². The van der Waals surface area contributed by atoms with Gasteiger partial charge in [-0.1, -0.05) is 19.9 Å². The highest BCUT2D eigenvalue weighted by Gasteiger charge is 2.78. The number of fused-ring (bicyclic) bond motifs is 7. The van der Waals surface area contributed by atoms with Gasteiger partial charge >= 0.3 is 0 Å². The molecule has 0 aromatic rings. The molecule has 3 unspecified atom stereocenters. The maximum atomic E-state index is 17.0. The number of hydrogen-bond donors (Lipinski definition) is 0. The van der Waals surface area contributed by atoms with Crippen molar-refractivity contribution < 1.29 is 27.8 Å². The summed E-state index contributed by atoms with van der Waals surface area (Å²) in [5.41, 5.74) is -3.18. The number of rotatable bonds is 1. The van der Waals surface area contributed by atoms with Crippen LogP contribution in [0.15, 0.2) is 23.8 Å². The summed E-state index contributed by atoms with van der Waals surface area (Å²) in [4.78, 5) is 24.9. The summed E-state index contributed by atoms with van der Waals surface area (Å²) in [5.74, 6) is -3.25. The summed E-state index contributed by atoms with van der Waals surface area (Å²) >= 11 is 0. The van der Waals surface area contributed by atoms with Crippen LogP contribution >= 0.6 is 0 Å². The molecule has 5 aliphatic rings. The number of ketones is 2. The first-order chi connectivity index (χ1) is 13.9. The van der Waals surface area contributed by atoms with Gasteiger partial charge in [-0.15, -0.1) is 0 Å². The van der Waals surface area contributed by atoms with Crippen molar-refractivity contribution in [2.45, 2.75) is 83.2 Å². The Morgan fingerprint density at radius 2 is 1.90 bits per heavy atom. The molecule has 9 atom stereocenters. The molecule has 6 heteroatoms. The third-order valence-electron chi connectivity index (χ3n) is 8.90. The lowest BCUT2D eigenvalue weighted by Gasteiger charge is -2.60. The summed E-state index contributed by atoms with van der Waals surface area (Å²) in [7, 11) is 0. The van der Waals surface area contributed by atoms with E-state index in [1.807, 2.05) is 13.8 Å². The largest absolute Gasteiger partial charge is 0.344 e. The number of hydrogen-bond acceptors (Lipinski definition) is 4. The van der Waals surface area contributed by atoms with Crippen LogP contribution in [0.4, 0.5) is 8.78 Å². The first-order valence-corrected chi connectivity index (χ1v) is 11.0. The molecule has 0 spiro atoms. The Morgan fingerprint density at radius 1 is 1.20 bits per heavy atom. The normalized spacial score (nSPS) is 53.4. The number of allylic oxidation sites excluding steroid dienone is 4. The van der Waals surface area contributed by atoms with E-state index in [-0.39, 0.29) is 29.5 Å². The van der Waals surface area contributed by atoms with Crippen LogP contribution in [-0.4, -0.2) is 40.9 Å².